The van der Waals surface area contributed by atoms with E-state index in [4.69, 9.17) is 26.4 Å². The third-order valence-electron chi connectivity index (χ3n) is 4.31. The van der Waals surface area contributed by atoms with Gasteiger partial charge in [0, 0.05) is 16.2 Å². The largest absolute Gasteiger partial charge is 0.493 e. The number of hydrogen-bond acceptors (Lipinski definition) is 5. The van der Waals surface area contributed by atoms with E-state index in [1.54, 1.807) is 44.6 Å². The molecule has 0 atom stereocenters. The van der Waals surface area contributed by atoms with Gasteiger partial charge in [-0.05, 0) is 49.0 Å². The minimum Gasteiger partial charge on any atom is -0.493 e. The Morgan fingerprint density at radius 2 is 1.73 bits per heavy atom. The third kappa shape index (κ3) is 7.18. The van der Waals surface area contributed by atoms with Crippen LogP contribution in [0.25, 0.3) is 0 Å². The van der Waals surface area contributed by atoms with Crippen LogP contribution in [0.1, 0.15) is 43.0 Å². The summed E-state index contributed by atoms with van der Waals surface area (Å²) in [5.74, 6) is 1.34. The number of anilines is 1. The van der Waals surface area contributed by atoms with Crippen LogP contribution in [0.15, 0.2) is 40.9 Å². The van der Waals surface area contributed by atoms with E-state index in [0.29, 0.717) is 35.1 Å². The van der Waals surface area contributed by atoms with Gasteiger partial charge in [-0.25, -0.2) is 0 Å². The summed E-state index contributed by atoms with van der Waals surface area (Å²) in [5, 5.41) is 5.85. The van der Waals surface area contributed by atoms with Crippen LogP contribution < -0.4 is 24.8 Å². The number of halogens is 1. The Labute approximate surface area is 191 Å². The monoisotopic (exact) mass is 494 g/mol. The number of ether oxygens (including phenoxy) is 3. The summed E-state index contributed by atoms with van der Waals surface area (Å²) in [5.41, 5.74) is 1.08. The van der Waals surface area contributed by atoms with Gasteiger partial charge >= 0.3 is 0 Å². The van der Waals surface area contributed by atoms with Crippen LogP contribution in [0.5, 0.6) is 17.2 Å². The third-order valence-corrected chi connectivity index (χ3v) is 5.01. The number of benzene rings is 2. The Morgan fingerprint density at radius 3 is 2.43 bits per heavy atom. The smallest absolute Gasteiger partial charge is 0.261 e. The van der Waals surface area contributed by atoms with Gasteiger partial charge < -0.3 is 19.5 Å². The quantitative estimate of drug-likeness (QED) is 0.333. The van der Waals surface area contributed by atoms with E-state index >= 15 is 0 Å². The van der Waals surface area contributed by atoms with Crippen molar-refractivity contribution in [1.82, 2.24) is 5.32 Å². The number of carbonyl (C=O) groups excluding carboxylic acids is 1. The molecule has 0 saturated heterocycles. The SMILES string of the molecule is CCCCCCOc1ccc(Br)cc1C(=O)NC(=S)Nc1ccc(OC)c(OC)c1. The Hall–Kier alpha value is -2.32. The minimum atomic E-state index is -0.349. The average molecular weight is 495 g/mol. The van der Waals surface area contributed by atoms with Gasteiger partial charge in [-0.3, -0.25) is 10.1 Å². The maximum absolute atomic E-state index is 12.8. The first-order chi connectivity index (χ1) is 14.5. The van der Waals surface area contributed by atoms with Gasteiger partial charge in [0.05, 0.1) is 26.4 Å². The van der Waals surface area contributed by atoms with Crippen molar-refractivity contribution in [3.63, 3.8) is 0 Å². The molecule has 2 N–H and O–H groups in total. The number of thiocarbonyl (C=S) groups is 1. The molecule has 8 heteroatoms. The summed E-state index contributed by atoms with van der Waals surface area (Å²) in [6, 6.07) is 10.6. The highest BCUT2D eigenvalue weighted by atomic mass is 79.9. The number of rotatable bonds is 10. The number of methoxy groups -OCH3 is 2. The van der Waals surface area contributed by atoms with Crippen LogP contribution in [0.3, 0.4) is 0 Å². The lowest BCUT2D eigenvalue weighted by Crippen LogP contribution is -2.34. The summed E-state index contributed by atoms with van der Waals surface area (Å²) in [7, 11) is 3.12. The van der Waals surface area contributed by atoms with Gasteiger partial charge in [0.15, 0.2) is 16.6 Å². The fraction of sp³-hybridized carbons (Fsp3) is 0.364. The van der Waals surface area contributed by atoms with Gasteiger partial charge in [0.2, 0.25) is 0 Å². The lowest BCUT2D eigenvalue weighted by molar-refractivity contribution is 0.0973. The van der Waals surface area contributed by atoms with Crippen LogP contribution in [0.2, 0.25) is 0 Å². The molecule has 0 aliphatic rings. The molecule has 1 amide bonds. The highest BCUT2D eigenvalue weighted by molar-refractivity contribution is 9.10. The molecule has 2 aromatic carbocycles. The average Bonchev–Trinajstić information content (AvgIpc) is 2.74. The number of hydrogen-bond donors (Lipinski definition) is 2. The number of carbonyl (C=O) groups is 1. The lowest BCUT2D eigenvalue weighted by atomic mass is 10.2. The van der Waals surface area contributed by atoms with Crippen molar-refractivity contribution in [2.45, 2.75) is 32.6 Å². The van der Waals surface area contributed by atoms with Crippen molar-refractivity contribution < 1.29 is 19.0 Å². The zero-order valence-corrected chi connectivity index (χ0v) is 19.8. The van der Waals surface area contributed by atoms with E-state index in [-0.39, 0.29) is 11.0 Å². The molecule has 0 heterocycles. The van der Waals surface area contributed by atoms with Crippen LogP contribution >= 0.6 is 28.1 Å². The van der Waals surface area contributed by atoms with Crippen molar-refractivity contribution in [2.75, 3.05) is 26.1 Å². The molecule has 0 aromatic heterocycles. The van der Waals surface area contributed by atoms with Gasteiger partial charge in [-0.15, -0.1) is 0 Å². The standard InChI is InChI=1S/C22H27BrN2O4S/c1-4-5-6-7-12-29-18-10-8-15(23)13-17(18)21(26)25-22(30)24-16-9-11-19(27-2)20(14-16)28-3/h8-11,13-14H,4-7,12H2,1-3H3,(H2,24,25,26,30). The van der Waals surface area contributed by atoms with Crippen molar-refractivity contribution in [3.05, 3.63) is 46.4 Å². The summed E-state index contributed by atoms with van der Waals surface area (Å²) in [4.78, 5) is 12.8. The van der Waals surface area contributed by atoms with Crippen LogP contribution in [0, 0.1) is 0 Å². The molecule has 0 radical (unpaired) electrons. The predicted molar refractivity (Wildman–Crippen MR) is 127 cm³/mol. The number of amides is 1. The first kappa shape index (κ1) is 24.0. The Bertz CT molecular complexity index is 876. The van der Waals surface area contributed by atoms with Crippen LogP contribution in [-0.2, 0) is 0 Å². The minimum absolute atomic E-state index is 0.168. The van der Waals surface area contributed by atoms with Gasteiger partial charge in [-0.1, -0.05) is 42.1 Å². The van der Waals surface area contributed by atoms with Crippen molar-refractivity contribution in [3.8, 4) is 17.2 Å². The number of unbranched alkanes of at least 4 members (excludes halogenated alkanes) is 3. The van der Waals surface area contributed by atoms with E-state index in [1.807, 2.05) is 6.07 Å². The molecule has 0 spiro atoms. The lowest BCUT2D eigenvalue weighted by Gasteiger charge is -2.14. The summed E-state index contributed by atoms with van der Waals surface area (Å²) in [6.07, 6.45) is 4.39. The molecule has 2 rings (SSSR count). The summed E-state index contributed by atoms with van der Waals surface area (Å²) >= 11 is 8.70. The molecule has 0 saturated carbocycles. The summed E-state index contributed by atoms with van der Waals surface area (Å²) in [6.45, 7) is 2.73. The molecular formula is C22H27BrN2O4S. The van der Waals surface area contributed by atoms with Crippen molar-refractivity contribution >= 4 is 44.9 Å². The predicted octanol–water partition coefficient (Wildman–Crippen LogP) is 5.55. The second-order valence-electron chi connectivity index (χ2n) is 6.53. The molecule has 0 fully saturated rings. The molecule has 2 aromatic rings. The maximum Gasteiger partial charge on any atom is 0.261 e. The van der Waals surface area contributed by atoms with E-state index in [1.165, 1.54) is 6.42 Å². The van der Waals surface area contributed by atoms with Crippen molar-refractivity contribution in [2.24, 2.45) is 0 Å². The molecule has 6 nitrogen and oxygen atoms in total. The fourth-order valence-corrected chi connectivity index (χ4v) is 3.33. The Balaban J connectivity index is 2.02. The first-order valence-corrected chi connectivity index (χ1v) is 10.9. The van der Waals surface area contributed by atoms with E-state index in [2.05, 4.69) is 33.5 Å². The summed E-state index contributed by atoms with van der Waals surface area (Å²) < 4.78 is 17.1. The highest BCUT2D eigenvalue weighted by Crippen LogP contribution is 2.29. The Morgan fingerprint density at radius 1 is 1.00 bits per heavy atom. The molecule has 30 heavy (non-hydrogen) atoms. The topological polar surface area (TPSA) is 68.8 Å². The van der Waals surface area contributed by atoms with E-state index in [9.17, 15) is 4.79 Å². The zero-order valence-electron chi connectivity index (χ0n) is 17.4. The van der Waals surface area contributed by atoms with Crippen molar-refractivity contribution in [1.29, 1.82) is 0 Å². The first-order valence-electron chi connectivity index (χ1n) is 9.75. The van der Waals surface area contributed by atoms with E-state index in [0.717, 1.165) is 23.7 Å². The van der Waals surface area contributed by atoms with Gasteiger partial charge in [0.25, 0.3) is 5.91 Å². The van der Waals surface area contributed by atoms with Gasteiger partial charge in [-0.2, -0.15) is 0 Å². The van der Waals surface area contributed by atoms with Crippen LogP contribution in [0.4, 0.5) is 5.69 Å². The molecular weight excluding hydrogens is 468 g/mol. The molecule has 0 unspecified atom stereocenters. The molecule has 0 aliphatic heterocycles. The second-order valence-corrected chi connectivity index (χ2v) is 7.85. The van der Waals surface area contributed by atoms with E-state index < -0.39 is 0 Å². The van der Waals surface area contributed by atoms with Crippen LogP contribution in [-0.4, -0.2) is 31.8 Å². The Kier molecular flexibility index (Phi) is 9.89. The fourth-order valence-electron chi connectivity index (χ4n) is 2.76. The molecule has 0 bridgehead atoms. The highest BCUT2D eigenvalue weighted by Gasteiger charge is 2.15. The van der Waals surface area contributed by atoms with Gasteiger partial charge in [0.1, 0.15) is 5.75 Å². The molecule has 0 aliphatic carbocycles. The second kappa shape index (κ2) is 12.4. The zero-order chi connectivity index (χ0) is 21.9. The normalized spacial score (nSPS) is 10.3. The number of nitrogens with one attached hydrogen (secondary N) is 2. The maximum atomic E-state index is 12.8. The molecule has 162 valence electrons.